The highest BCUT2D eigenvalue weighted by atomic mass is 35.5. The summed E-state index contributed by atoms with van der Waals surface area (Å²) in [5.74, 6) is -1.61. The van der Waals surface area contributed by atoms with E-state index in [0.29, 0.717) is 16.1 Å². The molecule has 0 unspecified atom stereocenters. The Balaban J connectivity index is 1.59. The van der Waals surface area contributed by atoms with Crippen LogP contribution in [0.15, 0.2) is 77.2 Å². The summed E-state index contributed by atoms with van der Waals surface area (Å²) in [5, 5.41) is 2.51. The third kappa shape index (κ3) is 4.96. The molecule has 1 saturated heterocycles. The molecule has 35 heavy (non-hydrogen) atoms. The lowest BCUT2D eigenvalue weighted by atomic mass is 10.1. The third-order valence-electron chi connectivity index (χ3n) is 5.29. The fraction of sp³-hybridized carbons (Fsp3) is 0.0800. The van der Waals surface area contributed by atoms with E-state index in [4.69, 9.17) is 15.8 Å². The zero-order valence-electron chi connectivity index (χ0n) is 18.6. The van der Waals surface area contributed by atoms with Gasteiger partial charge in [0.1, 0.15) is 16.2 Å². The molecule has 10 heteroatoms. The van der Waals surface area contributed by atoms with Gasteiger partial charge in [0, 0.05) is 5.02 Å². The summed E-state index contributed by atoms with van der Waals surface area (Å²) in [7, 11) is -4.03. The van der Waals surface area contributed by atoms with Crippen molar-refractivity contribution in [2.75, 3.05) is 4.90 Å². The van der Waals surface area contributed by atoms with Crippen LogP contribution in [0.2, 0.25) is 5.02 Å². The molecule has 1 N–H and O–H groups in total. The summed E-state index contributed by atoms with van der Waals surface area (Å²) in [4.78, 5) is 38.8. The monoisotopic (exact) mass is 510 g/mol. The van der Waals surface area contributed by atoms with Crippen LogP contribution in [0.1, 0.15) is 16.7 Å². The zero-order chi connectivity index (χ0) is 25.3. The number of halogens is 1. The van der Waals surface area contributed by atoms with Crippen LogP contribution in [0.5, 0.6) is 5.75 Å². The van der Waals surface area contributed by atoms with E-state index in [-0.39, 0.29) is 21.9 Å². The number of aryl methyl sites for hydroxylation is 1. The molecule has 4 amide bonds. The lowest BCUT2D eigenvalue weighted by Gasteiger charge is -2.27. The maximum absolute atomic E-state index is 13.1. The summed E-state index contributed by atoms with van der Waals surface area (Å²) in [6.07, 6.45) is 1.30. The number of carbonyl (C=O) groups excluding carboxylic acids is 3. The highest BCUT2D eigenvalue weighted by Crippen LogP contribution is 2.29. The van der Waals surface area contributed by atoms with Gasteiger partial charge in [-0.15, -0.1) is 0 Å². The standard InChI is InChI=1S/C25H19ClN2O6S/c1-15-6-12-19(13-7-15)35(32,33)34-18-10-8-17(9-11-18)14-20-23(29)27-25(31)28(24(20)30)22-5-3-4-21(26)16(22)2/h3-14H,1-2H3,(H,27,29,31)/b20-14+. The summed E-state index contributed by atoms with van der Waals surface area (Å²) in [5.41, 5.74) is 1.81. The maximum atomic E-state index is 13.1. The van der Waals surface area contributed by atoms with Crippen molar-refractivity contribution >= 4 is 51.3 Å². The number of anilines is 1. The molecule has 0 aromatic heterocycles. The molecule has 0 atom stereocenters. The van der Waals surface area contributed by atoms with Crippen molar-refractivity contribution in [2.45, 2.75) is 18.7 Å². The molecule has 1 heterocycles. The normalized spacial score (nSPS) is 15.3. The van der Waals surface area contributed by atoms with E-state index >= 15 is 0 Å². The fourth-order valence-electron chi connectivity index (χ4n) is 3.38. The first-order valence-corrected chi connectivity index (χ1v) is 12.1. The average molecular weight is 511 g/mol. The van der Waals surface area contributed by atoms with Crippen molar-refractivity contribution in [2.24, 2.45) is 0 Å². The van der Waals surface area contributed by atoms with Crippen LogP contribution in [0.3, 0.4) is 0 Å². The maximum Gasteiger partial charge on any atom is 0.339 e. The number of benzene rings is 3. The van der Waals surface area contributed by atoms with Gasteiger partial charge >= 0.3 is 16.1 Å². The van der Waals surface area contributed by atoms with Crippen molar-refractivity contribution < 1.29 is 27.0 Å². The Morgan fingerprint density at radius 1 is 0.914 bits per heavy atom. The Labute approximate surface area is 206 Å². The van der Waals surface area contributed by atoms with E-state index in [2.05, 4.69) is 5.32 Å². The topological polar surface area (TPSA) is 110 Å². The number of urea groups is 1. The summed E-state index contributed by atoms with van der Waals surface area (Å²) < 4.78 is 30.1. The Morgan fingerprint density at radius 2 is 1.57 bits per heavy atom. The first-order chi connectivity index (χ1) is 16.6. The molecule has 1 aliphatic rings. The molecule has 8 nitrogen and oxygen atoms in total. The molecule has 0 aliphatic carbocycles. The predicted molar refractivity (Wildman–Crippen MR) is 131 cm³/mol. The molecule has 178 valence electrons. The highest BCUT2D eigenvalue weighted by molar-refractivity contribution is 7.87. The molecule has 3 aromatic carbocycles. The van der Waals surface area contributed by atoms with Gasteiger partial charge < -0.3 is 4.18 Å². The zero-order valence-corrected chi connectivity index (χ0v) is 20.2. The van der Waals surface area contributed by atoms with E-state index in [1.165, 1.54) is 42.5 Å². The van der Waals surface area contributed by atoms with Crippen molar-refractivity contribution in [3.05, 3.63) is 94.0 Å². The molecule has 0 saturated carbocycles. The lowest BCUT2D eigenvalue weighted by molar-refractivity contribution is -0.122. The van der Waals surface area contributed by atoms with Gasteiger partial charge in [-0.3, -0.25) is 14.9 Å². The SMILES string of the molecule is Cc1ccc(S(=O)(=O)Oc2ccc(/C=C3\C(=O)NC(=O)N(c4cccc(Cl)c4C)C3=O)cc2)cc1. The predicted octanol–water partition coefficient (Wildman–Crippen LogP) is 4.39. The van der Waals surface area contributed by atoms with E-state index < -0.39 is 28.0 Å². The average Bonchev–Trinajstić information content (AvgIpc) is 2.80. The number of amides is 4. The second kappa shape index (κ2) is 9.36. The van der Waals surface area contributed by atoms with E-state index in [1.807, 2.05) is 6.92 Å². The summed E-state index contributed by atoms with van der Waals surface area (Å²) in [6.45, 7) is 3.49. The van der Waals surface area contributed by atoms with Crippen molar-refractivity contribution in [1.29, 1.82) is 0 Å². The number of hydrogen-bond donors (Lipinski definition) is 1. The summed E-state index contributed by atoms with van der Waals surface area (Å²) in [6, 6.07) is 15.9. The molecular weight excluding hydrogens is 492 g/mol. The lowest BCUT2D eigenvalue weighted by Crippen LogP contribution is -2.54. The minimum absolute atomic E-state index is 0.0137. The molecule has 0 spiro atoms. The van der Waals surface area contributed by atoms with Crippen LogP contribution < -0.4 is 14.4 Å². The van der Waals surface area contributed by atoms with Gasteiger partial charge in [-0.25, -0.2) is 9.69 Å². The molecule has 1 aliphatic heterocycles. The van der Waals surface area contributed by atoms with Gasteiger partial charge in [0.15, 0.2) is 0 Å². The van der Waals surface area contributed by atoms with Crippen LogP contribution in [0, 0.1) is 13.8 Å². The number of carbonyl (C=O) groups is 3. The quantitative estimate of drug-likeness (QED) is 0.309. The summed E-state index contributed by atoms with van der Waals surface area (Å²) >= 11 is 6.12. The Morgan fingerprint density at radius 3 is 2.23 bits per heavy atom. The highest BCUT2D eigenvalue weighted by Gasteiger charge is 2.37. The first-order valence-electron chi connectivity index (χ1n) is 10.3. The van der Waals surface area contributed by atoms with Gasteiger partial charge in [0.25, 0.3) is 11.8 Å². The Kier molecular flexibility index (Phi) is 6.47. The number of barbiturate groups is 1. The largest absolute Gasteiger partial charge is 0.379 e. The first kappa shape index (κ1) is 24.2. The molecule has 0 bridgehead atoms. The van der Waals surface area contributed by atoms with E-state index in [9.17, 15) is 22.8 Å². The second-order valence-corrected chi connectivity index (χ2v) is 9.71. The number of rotatable bonds is 5. The van der Waals surface area contributed by atoms with Crippen molar-refractivity contribution in [3.63, 3.8) is 0 Å². The number of nitrogens with one attached hydrogen (secondary N) is 1. The van der Waals surface area contributed by atoms with Crippen molar-refractivity contribution in [1.82, 2.24) is 5.32 Å². The van der Waals surface area contributed by atoms with Crippen LogP contribution in [-0.4, -0.2) is 26.3 Å². The molecule has 0 radical (unpaired) electrons. The van der Waals surface area contributed by atoms with Crippen LogP contribution in [0.4, 0.5) is 10.5 Å². The smallest absolute Gasteiger partial charge is 0.339 e. The van der Waals surface area contributed by atoms with Crippen LogP contribution >= 0.6 is 11.6 Å². The molecule has 3 aromatic rings. The van der Waals surface area contributed by atoms with Gasteiger partial charge in [-0.05, 0) is 67.4 Å². The van der Waals surface area contributed by atoms with E-state index in [1.54, 1.807) is 37.3 Å². The second-order valence-electron chi connectivity index (χ2n) is 7.76. The van der Waals surface area contributed by atoms with E-state index in [0.717, 1.165) is 10.5 Å². The minimum Gasteiger partial charge on any atom is -0.379 e. The van der Waals surface area contributed by atoms with Gasteiger partial charge in [0.05, 0.1) is 5.69 Å². The van der Waals surface area contributed by atoms with Gasteiger partial charge in [0.2, 0.25) is 0 Å². The number of nitrogens with zero attached hydrogens (tertiary/aromatic N) is 1. The van der Waals surface area contributed by atoms with Crippen LogP contribution in [-0.2, 0) is 19.7 Å². The van der Waals surface area contributed by atoms with Gasteiger partial charge in [-0.2, -0.15) is 8.42 Å². The van der Waals surface area contributed by atoms with Crippen LogP contribution in [0.25, 0.3) is 6.08 Å². The fourth-order valence-corrected chi connectivity index (χ4v) is 4.48. The van der Waals surface area contributed by atoms with Gasteiger partial charge in [-0.1, -0.05) is 47.5 Å². The Bertz CT molecular complexity index is 1480. The number of hydrogen-bond acceptors (Lipinski definition) is 6. The molecular formula is C25H19ClN2O6S. The number of imide groups is 2. The minimum atomic E-state index is -4.03. The molecule has 4 rings (SSSR count). The Hall–Kier alpha value is -3.95. The third-order valence-corrected chi connectivity index (χ3v) is 6.96. The van der Waals surface area contributed by atoms with Crippen molar-refractivity contribution in [3.8, 4) is 5.75 Å². The molecule has 1 fully saturated rings.